The third-order valence-corrected chi connectivity index (χ3v) is 13.5. The molecule has 67 heavy (non-hydrogen) atoms. The van der Waals surface area contributed by atoms with Crippen molar-refractivity contribution in [3.8, 4) is 0 Å². The minimum absolute atomic E-state index is 0.0431. The maximum atomic E-state index is 13.7. The summed E-state index contributed by atoms with van der Waals surface area (Å²) in [6, 6.07) is 0. The number of hydrogen-bond donors (Lipinski definition) is 2. The zero-order valence-corrected chi connectivity index (χ0v) is 43.8. The Morgan fingerprint density at radius 2 is 0.851 bits per heavy atom. The van der Waals surface area contributed by atoms with E-state index in [1.165, 1.54) is 158 Å². The normalized spacial score (nSPS) is 13.1. The lowest BCUT2D eigenvalue weighted by atomic mass is 10.1. The average molecular weight is 966 g/mol. The van der Waals surface area contributed by atoms with Gasteiger partial charge in [0, 0.05) is 38.2 Å². The van der Waals surface area contributed by atoms with Gasteiger partial charge in [-0.25, -0.2) is 9.65 Å². The number of nitrogens with one attached hydrogen (secondary N) is 2. The van der Waals surface area contributed by atoms with Crippen LogP contribution in [0, 0.1) is 0 Å². The molecule has 0 unspecified atom stereocenters. The monoisotopic (exact) mass is 966 g/mol. The number of carbonyl (C=O) groups is 3. The topological polar surface area (TPSA) is 142 Å². The Bertz CT molecular complexity index is 1230. The highest BCUT2D eigenvalue weighted by Gasteiger charge is 2.24. The molecule has 0 radical (unpaired) electrons. The van der Waals surface area contributed by atoms with Gasteiger partial charge < -0.3 is 19.5 Å². The summed E-state index contributed by atoms with van der Waals surface area (Å²) in [7, 11) is -3.44. The molecule has 0 aromatic carbocycles. The standard InChI is InChI=1S/C54H100N3O9P/c1-3-5-7-9-11-13-15-17-19-21-23-25-27-29-31-36-44-65-67(61,66-45-37-32-30-28-26-24-22-20-18-16-14-12-10-8-6-4-2)56-42-47-63-49-51-64-50-48-62-46-41-55-52(58)38-34-33-35-43-57-53(59)39-40-54(57)60/h17-20,39-40H,3-16,21-38,41-51H2,1-2H3,(H,55,58)(H,56,61)/b19-17+,20-18+. The van der Waals surface area contributed by atoms with Crippen molar-refractivity contribution in [1.82, 2.24) is 15.3 Å². The molecule has 1 aliphatic heterocycles. The van der Waals surface area contributed by atoms with Gasteiger partial charge in [0.15, 0.2) is 0 Å². The first kappa shape index (κ1) is 62.8. The highest BCUT2D eigenvalue weighted by atomic mass is 31.2. The summed E-state index contributed by atoms with van der Waals surface area (Å²) < 4.78 is 42.4. The van der Waals surface area contributed by atoms with E-state index in [0.29, 0.717) is 91.8 Å². The number of ether oxygens (including phenoxy) is 3. The molecule has 0 bridgehead atoms. The first-order valence-corrected chi connectivity index (χ1v) is 28.9. The van der Waals surface area contributed by atoms with Gasteiger partial charge in [-0.15, -0.1) is 0 Å². The van der Waals surface area contributed by atoms with Crippen molar-refractivity contribution < 1.29 is 42.2 Å². The van der Waals surface area contributed by atoms with E-state index in [0.717, 1.165) is 44.9 Å². The highest BCUT2D eigenvalue weighted by molar-refractivity contribution is 7.51. The number of amides is 3. The van der Waals surface area contributed by atoms with Gasteiger partial charge in [-0.1, -0.05) is 160 Å². The Morgan fingerprint density at radius 1 is 0.478 bits per heavy atom. The molecule has 0 aliphatic carbocycles. The van der Waals surface area contributed by atoms with Gasteiger partial charge in [-0.2, -0.15) is 0 Å². The molecule has 12 nitrogen and oxygen atoms in total. The van der Waals surface area contributed by atoms with E-state index >= 15 is 0 Å². The lowest BCUT2D eigenvalue weighted by molar-refractivity contribution is -0.137. The van der Waals surface area contributed by atoms with Crippen LogP contribution < -0.4 is 10.4 Å². The highest BCUT2D eigenvalue weighted by Crippen LogP contribution is 2.44. The van der Waals surface area contributed by atoms with Crippen LogP contribution in [0.25, 0.3) is 0 Å². The Balaban J connectivity index is 2.16. The van der Waals surface area contributed by atoms with E-state index in [1.54, 1.807) is 0 Å². The minimum Gasteiger partial charge on any atom is -0.378 e. The third-order valence-electron chi connectivity index (χ3n) is 11.9. The zero-order valence-electron chi connectivity index (χ0n) is 42.9. The Labute approximate surface area is 409 Å². The lowest BCUT2D eigenvalue weighted by Gasteiger charge is -2.19. The largest absolute Gasteiger partial charge is 0.405 e. The number of unbranched alkanes of at least 4 members (excludes halogenated alkanes) is 26. The summed E-state index contributed by atoms with van der Waals surface area (Å²) in [5.74, 6) is -0.582. The van der Waals surface area contributed by atoms with Crippen LogP contribution in [-0.2, 0) is 42.2 Å². The first-order valence-electron chi connectivity index (χ1n) is 27.4. The predicted octanol–water partition coefficient (Wildman–Crippen LogP) is 13.4. The van der Waals surface area contributed by atoms with Gasteiger partial charge in [0.25, 0.3) is 11.8 Å². The van der Waals surface area contributed by atoms with Crippen molar-refractivity contribution in [3.05, 3.63) is 36.5 Å². The van der Waals surface area contributed by atoms with E-state index in [9.17, 15) is 18.9 Å². The van der Waals surface area contributed by atoms with Gasteiger partial charge in [-0.05, 0) is 77.0 Å². The van der Waals surface area contributed by atoms with E-state index in [-0.39, 0.29) is 17.7 Å². The number of hydrogen-bond acceptors (Lipinski definition) is 9. The molecule has 0 spiro atoms. The number of carbonyl (C=O) groups excluding carboxylic acids is 3. The van der Waals surface area contributed by atoms with Crippen molar-refractivity contribution in [2.75, 3.05) is 72.5 Å². The van der Waals surface area contributed by atoms with Gasteiger partial charge in [0.2, 0.25) is 5.91 Å². The SMILES string of the molecule is CCCCCCCC/C=C/CCCCCCCCOP(=O)(NCCOCCOCCOCCNC(=O)CCCCCN1C(=O)C=CC1=O)OCCCCCCCC/C=C/CCCCCCCC. The van der Waals surface area contributed by atoms with E-state index in [1.807, 2.05) is 0 Å². The van der Waals surface area contributed by atoms with Gasteiger partial charge >= 0.3 is 7.75 Å². The van der Waals surface area contributed by atoms with Crippen molar-refractivity contribution >= 4 is 25.5 Å². The molecule has 1 rings (SSSR count). The number of allylic oxidation sites excluding steroid dienone is 4. The molecule has 0 aromatic heterocycles. The van der Waals surface area contributed by atoms with E-state index in [2.05, 4.69) is 48.6 Å². The van der Waals surface area contributed by atoms with Crippen molar-refractivity contribution in [2.45, 2.75) is 219 Å². The average Bonchev–Trinajstić information content (AvgIpc) is 3.65. The van der Waals surface area contributed by atoms with Crippen LogP contribution in [0.2, 0.25) is 0 Å². The summed E-state index contributed by atoms with van der Waals surface area (Å²) >= 11 is 0. The fraction of sp³-hybridized carbons (Fsp3) is 0.833. The lowest BCUT2D eigenvalue weighted by Crippen LogP contribution is -2.31. The fourth-order valence-corrected chi connectivity index (χ4v) is 9.09. The molecule has 0 fully saturated rings. The molecule has 3 amide bonds. The molecule has 0 aromatic rings. The number of nitrogens with zero attached hydrogens (tertiary/aromatic N) is 1. The summed E-state index contributed by atoms with van der Waals surface area (Å²) in [6.45, 7) is 8.90. The van der Waals surface area contributed by atoms with E-state index in [4.69, 9.17) is 23.3 Å². The summed E-state index contributed by atoms with van der Waals surface area (Å²) in [6.07, 6.45) is 49.3. The summed E-state index contributed by atoms with van der Waals surface area (Å²) in [5, 5.41) is 5.87. The second-order valence-electron chi connectivity index (χ2n) is 18.1. The molecule has 2 N–H and O–H groups in total. The predicted molar refractivity (Wildman–Crippen MR) is 276 cm³/mol. The Hall–Kier alpha value is -2.18. The quantitative estimate of drug-likeness (QED) is 0.0262. The number of imide groups is 1. The summed E-state index contributed by atoms with van der Waals surface area (Å²) in [5.41, 5.74) is 0. The third kappa shape index (κ3) is 42.4. The van der Waals surface area contributed by atoms with Crippen molar-refractivity contribution in [1.29, 1.82) is 0 Å². The van der Waals surface area contributed by atoms with Crippen LogP contribution in [0.15, 0.2) is 36.5 Å². The zero-order chi connectivity index (χ0) is 48.4. The molecule has 0 saturated carbocycles. The van der Waals surface area contributed by atoms with Crippen LogP contribution in [-0.4, -0.2) is 95.1 Å². The van der Waals surface area contributed by atoms with Crippen LogP contribution in [0.5, 0.6) is 0 Å². The molecular weight excluding hydrogens is 866 g/mol. The van der Waals surface area contributed by atoms with Gasteiger partial charge in [0.05, 0.1) is 52.9 Å². The summed E-state index contributed by atoms with van der Waals surface area (Å²) in [4.78, 5) is 36.4. The second kappa shape index (κ2) is 48.8. The molecule has 0 saturated heterocycles. The molecule has 1 aliphatic rings. The second-order valence-corrected chi connectivity index (χ2v) is 19.9. The molecule has 0 atom stereocenters. The van der Waals surface area contributed by atoms with Crippen LogP contribution >= 0.6 is 7.75 Å². The molecule has 390 valence electrons. The van der Waals surface area contributed by atoms with Crippen LogP contribution in [0.3, 0.4) is 0 Å². The number of rotatable bonds is 53. The fourth-order valence-electron chi connectivity index (χ4n) is 7.73. The van der Waals surface area contributed by atoms with Gasteiger partial charge in [-0.3, -0.25) is 28.3 Å². The van der Waals surface area contributed by atoms with Crippen molar-refractivity contribution in [3.63, 3.8) is 0 Å². The van der Waals surface area contributed by atoms with Crippen LogP contribution in [0.1, 0.15) is 219 Å². The Kier molecular flexibility index (Phi) is 45.8. The van der Waals surface area contributed by atoms with Crippen LogP contribution in [0.4, 0.5) is 0 Å². The van der Waals surface area contributed by atoms with Crippen molar-refractivity contribution in [2.24, 2.45) is 0 Å². The minimum atomic E-state index is -3.44. The first-order chi connectivity index (χ1) is 32.9. The molecule has 1 heterocycles. The molecule has 13 heteroatoms. The maximum absolute atomic E-state index is 13.7. The molecular formula is C54H100N3O9P. The van der Waals surface area contributed by atoms with E-state index < -0.39 is 7.75 Å². The maximum Gasteiger partial charge on any atom is 0.405 e. The smallest absolute Gasteiger partial charge is 0.378 e. The van der Waals surface area contributed by atoms with Gasteiger partial charge in [0.1, 0.15) is 0 Å². The Morgan fingerprint density at radius 3 is 1.30 bits per heavy atom.